The topological polar surface area (TPSA) is 466 Å². The highest BCUT2D eigenvalue weighted by Gasteiger charge is 2.36. The number of carboxylic acid groups (broad SMARTS) is 2. The lowest BCUT2D eigenvalue weighted by Gasteiger charge is -2.29. The van der Waals surface area contributed by atoms with Crippen molar-refractivity contribution in [1.82, 2.24) is 42.5 Å². The highest BCUT2D eigenvalue weighted by molar-refractivity contribution is 7.98. The quantitative estimate of drug-likeness (QED) is 0.0258. The molecule has 0 heterocycles. The summed E-state index contributed by atoms with van der Waals surface area (Å²) in [6, 6.07) is -13.4. The van der Waals surface area contributed by atoms with Crippen LogP contribution in [-0.4, -0.2) is 178 Å². The normalized spacial score (nSPS) is 14.9. The molecule has 0 spiro atoms. The van der Waals surface area contributed by atoms with Crippen molar-refractivity contribution >= 4 is 94.5 Å². The Kier molecular flexibility index (Phi) is 32.5. The van der Waals surface area contributed by atoms with Gasteiger partial charge in [0.05, 0.1) is 25.5 Å². The molecule has 0 fully saturated rings. The van der Waals surface area contributed by atoms with E-state index in [0.717, 1.165) is 0 Å². The van der Waals surface area contributed by atoms with Crippen LogP contribution in [0.2, 0.25) is 0 Å². The number of carbonyl (C=O) groups excluding carboxylic acids is 10. The summed E-state index contributed by atoms with van der Waals surface area (Å²) in [6.07, 6.45) is 1.93. The number of hydrogen-bond acceptors (Lipinski definition) is 17. The number of carbonyl (C=O) groups is 12. The van der Waals surface area contributed by atoms with E-state index in [9.17, 15) is 72.9 Å². The Morgan fingerprint density at radius 1 is 0.500 bits per heavy atom. The average Bonchev–Trinajstić information content (AvgIpc) is 3.29. The lowest BCUT2D eigenvalue weighted by atomic mass is 9.98. The molecule has 29 heteroatoms. The zero-order chi connectivity index (χ0) is 55.2. The van der Waals surface area contributed by atoms with Gasteiger partial charge in [0.25, 0.3) is 0 Å². The molecule has 410 valence electrons. The predicted molar refractivity (Wildman–Crippen MR) is 266 cm³/mol. The highest BCUT2D eigenvalue weighted by Crippen LogP contribution is 2.12. The van der Waals surface area contributed by atoms with Gasteiger partial charge < -0.3 is 80.8 Å². The maximum Gasteiger partial charge on any atom is 0.328 e. The zero-order valence-corrected chi connectivity index (χ0v) is 43.2. The summed E-state index contributed by atoms with van der Waals surface area (Å²) < 4.78 is 0. The third kappa shape index (κ3) is 26.6. The number of rotatable bonds is 38. The number of aliphatic carboxylic acids is 2. The first kappa shape index (κ1) is 66.2. The number of aliphatic hydroxyl groups is 1. The van der Waals surface area contributed by atoms with Crippen molar-refractivity contribution in [3.8, 4) is 0 Å². The van der Waals surface area contributed by atoms with Crippen LogP contribution in [0.4, 0.5) is 0 Å². The number of unbranched alkanes of at least 4 members (excludes halogenated alkanes) is 1. The Bertz CT molecular complexity index is 1860. The summed E-state index contributed by atoms with van der Waals surface area (Å²) in [5.41, 5.74) is 22.5. The minimum absolute atomic E-state index is 0.0219. The molecule has 72 heavy (non-hydrogen) atoms. The summed E-state index contributed by atoms with van der Waals surface area (Å²) in [5, 5.41) is 47.2. The van der Waals surface area contributed by atoms with Gasteiger partial charge >= 0.3 is 11.9 Å². The van der Waals surface area contributed by atoms with Gasteiger partial charge in [-0.2, -0.15) is 23.5 Å². The van der Waals surface area contributed by atoms with Gasteiger partial charge in [-0.15, -0.1) is 0 Å². The Morgan fingerprint density at radius 3 is 1.39 bits per heavy atom. The SMILES string of the molecule is CSCC[C@H](N)C(=O)N[C@H](CCC(N)=O)C(=O)N[C@H](CCSC)C(=O)N[C@@H](CC(N)=O)C(=O)N[C@@H](CCCCN)C(=O)N[C@H](C(=O)N[C@@H](CC(C)C)C(=O)N[C@H](CC(=O)O)C(=O)N[C@@H](CO)C(=O)O)C(C)C. The van der Waals surface area contributed by atoms with Crippen molar-refractivity contribution in [1.29, 1.82) is 0 Å². The highest BCUT2D eigenvalue weighted by atomic mass is 32.2. The Hall–Kier alpha value is -5.78. The number of hydrogen-bond donors (Lipinski definition) is 15. The van der Waals surface area contributed by atoms with Gasteiger partial charge in [0.15, 0.2) is 0 Å². The minimum Gasteiger partial charge on any atom is -0.481 e. The lowest BCUT2D eigenvalue weighted by molar-refractivity contribution is -0.144. The minimum atomic E-state index is -1.85. The number of nitrogens with one attached hydrogen (secondary N) is 8. The van der Waals surface area contributed by atoms with Gasteiger partial charge in [0.1, 0.15) is 48.3 Å². The second kappa shape index (κ2) is 35.4. The molecule has 9 atom stereocenters. The molecule has 0 unspecified atom stereocenters. The third-order valence-electron chi connectivity index (χ3n) is 10.5. The largest absolute Gasteiger partial charge is 0.481 e. The number of nitrogens with two attached hydrogens (primary N) is 4. The van der Waals surface area contributed by atoms with Gasteiger partial charge in [-0.1, -0.05) is 27.7 Å². The standard InChI is InChI=1S/C43H76N12O15S2/c1-21(2)17-27(39(65)52-29(19-33(59)60)41(67)54-30(20-56)43(69)70)53-42(68)34(22(3)4)55-38(64)24(9-7-8-14-44)49-40(66)28(18-32(47)58)51-37(63)26(13-16-72-6)50-36(62)25(10-11-31(46)57)48-35(61)23(45)12-15-71-5/h21-30,34,56H,7-20,44-45H2,1-6H3,(H2,46,57)(H2,47,58)(H,48,61)(H,49,66)(H,50,62)(H,51,63)(H,52,65)(H,53,68)(H,54,67)(H,55,64)(H,59,60)(H,69,70)/t23-,24-,25+,26+,27-,28-,29+,30-,34-/m0/s1. The van der Waals surface area contributed by atoms with Gasteiger partial charge in [-0.3, -0.25) is 52.7 Å². The average molecular weight is 1070 g/mol. The Morgan fingerprint density at radius 2 is 0.931 bits per heavy atom. The first-order chi connectivity index (χ1) is 33.7. The number of carboxylic acids is 2. The molecule has 0 radical (unpaired) electrons. The number of amides is 10. The first-order valence-electron chi connectivity index (χ1n) is 23.2. The van der Waals surface area contributed by atoms with Crippen LogP contribution in [0.15, 0.2) is 0 Å². The molecule has 0 aliphatic carbocycles. The molecular weight excluding hydrogens is 989 g/mol. The van der Waals surface area contributed by atoms with Gasteiger partial charge in [-0.05, 0) is 87.3 Å². The van der Waals surface area contributed by atoms with Crippen LogP contribution in [0.5, 0.6) is 0 Å². The monoisotopic (exact) mass is 1060 g/mol. The molecule has 0 aliphatic heterocycles. The molecule has 0 aromatic carbocycles. The molecule has 10 amide bonds. The maximum atomic E-state index is 14.0. The molecule has 27 nitrogen and oxygen atoms in total. The number of thioether (sulfide) groups is 2. The summed E-state index contributed by atoms with van der Waals surface area (Å²) in [6.45, 7) is 5.63. The smallest absolute Gasteiger partial charge is 0.328 e. The van der Waals surface area contributed by atoms with E-state index in [-0.39, 0.29) is 57.4 Å². The summed E-state index contributed by atoms with van der Waals surface area (Å²) in [5.74, 6) is -12.9. The maximum absolute atomic E-state index is 14.0. The molecule has 0 bridgehead atoms. The van der Waals surface area contributed by atoms with Crippen LogP contribution in [0.3, 0.4) is 0 Å². The number of aliphatic hydroxyl groups excluding tert-OH is 1. The van der Waals surface area contributed by atoms with Crippen LogP contribution in [0.25, 0.3) is 0 Å². The second-order valence-electron chi connectivity index (χ2n) is 17.5. The fourth-order valence-corrected chi connectivity index (χ4v) is 7.53. The van der Waals surface area contributed by atoms with E-state index in [1.54, 1.807) is 34.0 Å². The predicted octanol–water partition coefficient (Wildman–Crippen LogP) is -4.78. The molecule has 0 saturated carbocycles. The van der Waals surface area contributed by atoms with Crippen LogP contribution >= 0.6 is 23.5 Å². The molecule has 19 N–H and O–H groups in total. The van der Waals surface area contributed by atoms with E-state index in [1.807, 2.05) is 11.6 Å². The van der Waals surface area contributed by atoms with E-state index < -0.39 is 151 Å². The number of primary amides is 2. The molecular formula is C43H76N12O15S2. The van der Waals surface area contributed by atoms with Crippen molar-refractivity contribution in [2.75, 3.05) is 37.2 Å². The molecule has 0 aromatic heterocycles. The Balaban J connectivity index is 6.65. The van der Waals surface area contributed by atoms with E-state index in [4.69, 9.17) is 22.9 Å². The van der Waals surface area contributed by atoms with Crippen molar-refractivity contribution in [2.24, 2.45) is 34.8 Å². The molecule has 0 aliphatic rings. The molecule has 0 aromatic rings. The van der Waals surface area contributed by atoms with Crippen molar-refractivity contribution in [3.63, 3.8) is 0 Å². The lowest BCUT2D eigenvalue weighted by Crippen LogP contribution is -2.61. The fourth-order valence-electron chi connectivity index (χ4n) is 6.57. The van der Waals surface area contributed by atoms with Crippen LogP contribution in [-0.2, 0) is 57.5 Å². The van der Waals surface area contributed by atoms with Crippen LogP contribution in [0.1, 0.15) is 91.9 Å². The van der Waals surface area contributed by atoms with Crippen molar-refractivity contribution < 1.29 is 72.9 Å². The van der Waals surface area contributed by atoms with Gasteiger partial charge in [0.2, 0.25) is 59.1 Å². The zero-order valence-electron chi connectivity index (χ0n) is 41.6. The van der Waals surface area contributed by atoms with Crippen molar-refractivity contribution in [2.45, 2.75) is 146 Å². The van der Waals surface area contributed by atoms with E-state index in [2.05, 4.69) is 37.2 Å². The first-order valence-corrected chi connectivity index (χ1v) is 26.0. The van der Waals surface area contributed by atoms with E-state index >= 15 is 0 Å². The van der Waals surface area contributed by atoms with E-state index in [1.165, 1.54) is 23.5 Å². The van der Waals surface area contributed by atoms with E-state index in [0.29, 0.717) is 17.9 Å². The summed E-state index contributed by atoms with van der Waals surface area (Å²) >= 11 is 2.75. The fraction of sp³-hybridized carbons (Fsp3) is 0.721. The van der Waals surface area contributed by atoms with Gasteiger partial charge in [-0.25, -0.2) is 4.79 Å². The van der Waals surface area contributed by atoms with Crippen molar-refractivity contribution in [3.05, 3.63) is 0 Å². The molecule has 0 rings (SSSR count). The van der Waals surface area contributed by atoms with Crippen LogP contribution in [0, 0.1) is 11.8 Å². The summed E-state index contributed by atoms with van der Waals surface area (Å²) in [7, 11) is 0. The summed E-state index contributed by atoms with van der Waals surface area (Å²) in [4.78, 5) is 156. The van der Waals surface area contributed by atoms with Crippen LogP contribution < -0.4 is 65.5 Å². The second-order valence-corrected chi connectivity index (χ2v) is 19.5. The third-order valence-corrected chi connectivity index (χ3v) is 11.8. The Labute approximate surface area is 426 Å². The molecule has 0 saturated heterocycles. The van der Waals surface area contributed by atoms with Gasteiger partial charge in [0, 0.05) is 6.42 Å².